The first-order valence-electron chi connectivity index (χ1n) is 10.0. The molecule has 33 heavy (non-hydrogen) atoms. The van der Waals surface area contributed by atoms with Crippen molar-refractivity contribution in [3.05, 3.63) is 76.3 Å². The second-order valence-corrected chi connectivity index (χ2v) is 11.5. The Hall–Kier alpha value is -1.98. The van der Waals surface area contributed by atoms with Gasteiger partial charge in [-0.25, -0.2) is 22.2 Å². The number of thiazole rings is 1. The lowest BCUT2D eigenvalue weighted by molar-refractivity contribution is 0.506. The molecule has 0 amide bonds. The fraction of sp³-hybridized carbons (Fsp3) is 0.227. The van der Waals surface area contributed by atoms with Gasteiger partial charge in [-0.2, -0.15) is 0 Å². The number of rotatable bonds is 7. The van der Waals surface area contributed by atoms with E-state index in [-0.39, 0.29) is 27.9 Å². The van der Waals surface area contributed by atoms with Crippen molar-refractivity contribution in [1.29, 1.82) is 0 Å². The fourth-order valence-electron chi connectivity index (χ4n) is 3.65. The molecule has 3 N–H and O–H groups in total. The number of nitrogens with two attached hydrogens (primary N) is 1. The van der Waals surface area contributed by atoms with E-state index in [1.165, 1.54) is 30.1 Å². The number of nitrogens with zero attached hydrogens (tertiary/aromatic N) is 1. The van der Waals surface area contributed by atoms with Gasteiger partial charge in [0.2, 0.25) is 0 Å². The molecule has 0 aliphatic heterocycles. The molecule has 3 aromatic rings. The van der Waals surface area contributed by atoms with E-state index in [4.69, 9.17) is 17.3 Å². The lowest BCUT2D eigenvalue weighted by Gasteiger charge is -2.30. The molecule has 1 aromatic heterocycles. The molecule has 0 bridgehead atoms. The SMILES string of the molecule is N[C@@H]1CCC=C(c2ccc(F)cc2)C1CSc1cc(F)c(S(=O)(=O)Nc2nccs2)cc1Cl. The van der Waals surface area contributed by atoms with Crippen molar-refractivity contribution in [1.82, 2.24) is 4.98 Å². The van der Waals surface area contributed by atoms with E-state index in [1.807, 2.05) is 0 Å². The molecular formula is C22H20ClF2N3O2S3. The molecule has 0 radical (unpaired) electrons. The number of hydrogen-bond acceptors (Lipinski definition) is 6. The Bertz CT molecular complexity index is 1270. The number of aromatic nitrogens is 1. The van der Waals surface area contributed by atoms with E-state index in [0.717, 1.165) is 47.4 Å². The van der Waals surface area contributed by atoms with Crippen LogP contribution in [-0.4, -0.2) is 25.2 Å². The monoisotopic (exact) mass is 527 g/mol. The Kier molecular flexibility index (Phi) is 7.40. The molecule has 2 atom stereocenters. The topological polar surface area (TPSA) is 85.1 Å². The van der Waals surface area contributed by atoms with E-state index in [1.54, 1.807) is 17.5 Å². The molecule has 1 aliphatic rings. The van der Waals surface area contributed by atoms with Crippen molar-refractivity contribution in [2.24, 2.45) is 11.7 Å². The van der Waals surface area contributed by atoms with E-state index >= 15 is 0 Å². The van der Waals surface area contributed by atoms with Crippen molar-refractivity contribution in [2.75, 3.05) is 10.5 Å². The van der Waals surface area contributed by atoms with Gasteiger partial charge >= 0.3 is 0 Å². The van der Waals surface area contributed by atoms with Gasteiger partial charge in [0.25, 0.3) is 10.0 Å². The smallest absolute Gasteiger partial charge is 0.266 e. The van der Waals surface area contributed by atoms with Crippen LogP contribution in [0.1, 0.15) is 18.4 Å². The number of halogens is 3. The molecule has 4 rings (SSSR count). The maximum Gasteiger partial charge on any atom is 0.266 e. The summed E-state index contributed by atoms with van der Waals surface area (Å²) in [4.78, 5) is 3.72. The number of sulfonamides is 1. The van der Waals surface area contributed by atoms with E-state index in [9.17, 15) is 17.2 Å². The third-order valence-corrected chi connectivity index (χ3v) is 9.08. The van der Waals surface area contributed by atoms with Gasteiger partial charge in [0.05, 0.1) is 5.02 Å². The van der Waals surface area contributed by atoms with Crippen LogP contribution in [0.25, 0.3) is 5.57 Å². The van der Waals surface area contributed by atoms with Gasteiger partial charge < -0.3 is 5.73 Å². The third kappa shape index (κ3) is 5.58. The summed E-state index contributed by atoms with van der Waals surface area (Å²) >= 11 is 8.72. The summed E-state index contributed by atoms with van der Waals surface area (Å²) in [6.07, 6.45) is 5.17. The minimum Gasteiger partial charge on any atom is -0.327 e. The van der Waals surface area contributed by atoms with Crippen LogP contribution in [0.15, 0.2) is 63.8 Å². The summed E-state index contributed by atoms with van der Waals surface area (Å²) in [5, 5.41) is 1.86. The van der Waals surface area contributed by atoms with Crippen LogP contribution < -0.4 is 10.5 Å². The molecule has 1 heterocycles. The highest BCUT2D eigenvalue weighted by molar-refractivity contribution is 7.99. The number of hydrogen-bond donors (Lipinski definition) is 2. The van der Waals surface area contributed by atoms with Gasteiger partial charge in [0.1, 0.15) is 16.5 Å². The highest BCUT2D eigenvalue weighted by Gasteiger charge is 2.28. The predicted octanol–water partition coefficient (Wildman–Crippen LogP) is 5.79. The summed E-state index contributed by atoms with van der Waals surface area (Å²) in [5.74, 6) is -0.768. The average molecular weight is 528 g/mol. The molecule has 174 valence electrons. The first kappa shape index (κ1) is 24.2. The van der Waals surface area contributed by atoms with Crippen molar-refractivity contribution in [3.63, 3.8) is 0 Å². The number of anilines is 1. The highest BCUT2D eigenvalue weighted by atomic mass is 35.5. The maximum atomic E-state index is 14.8. The molecular weight excluding hydrogens is 508 g/mol. The Morgan fingerprint density at radius 3 is 2.70 bits per heavy atom. The van der Waals surface area contributed by atoms with Crippen LogP contribution in [0.3, 0.4) is 0 Å². The zero-order valence-electron chi connectivity index (χ0n) is 17.2. The van der Waals surface area contributed by atoms with Gasteiger partial charge in [0.15, 0.2) is 5.13 Å². The second kappa shape index (κ2) is 10.1. The Morgan fingerprint density at radius 2 is 2.00 bits per heavy atom. The van der Waals surface area contributed by atoms with Crippen molar-refractivity contribution >= 4 is 55.4 Å². The van der Waals surface area contributed by atoms with Gasteiger partial charge in [-0.1, -0.05) is 29.8 Å². The third-order valence-electron chi connectivity index (χ3n) is 5.31. The summed E-state index contributed by atoms with van der Waals surface area (Å²) in [7, 11) is -4.18. The van der Waals surface area contributed by atoms with E-state index in [2.05, 4.69) is 15.8 Å². The lowest BCUT2D eigenvalue weighted by Crippen LogP contribution is -2.34. The normalized spacial score (nSPS) is 18.7. The van der Waals surface area contributed by atoms with Gasteiger partial charge in [0, 0.05) is 34.2 Å². The molecule has 0 spiro atoms. The first-order valence-corrected chi connectivity index (χ1v) is 13.7. The maximum absolute atomic E-state index is 14.8. The Balaban J connectivity index is 1.54. The second-order valence-electron chi connectivity index (χ2n) is 7.48. The van der Waals surface area contributed by atoms with Crippen molar-refractivity contribution in [2.45, 2.75) is 28.7 Å². The standard InChI is InChI=1S/C22H20ClF2N3O2S3/c23-17-10-21(33(29,30)28-22-27-8-9-31-22)18(25)11-20(17)32-12-16-15(2-1-3-19(16)26)13-4-6-14(24)7-5-13/h2,4-11,16,19H,1,3,12,26H2,(H,27,28)/t16?,19-/m1/s1. The van der Waals surface area contributed by atoms with Crippen LogP contribution in [-0.2, 0) is 10.0 Å². The molecule has 5 nitrogen and oxygen atoms in total. The quantitative estimate of drug-likeness (QED) is 0.380. The number of benzene rings is 2. The predicted molar refractivity (Wildman–Crippen MR) is 130 cm³/mol. The minimum absolute atomic E-state index is 0.0525. The fourth-order valence-corrected chi connectivity index (χ4v) is 7.09. The van der Waals surface area contributed by atoms with Gasteiger partial charge in [-0.3, -0.25) is 4.72 Å². The van der Waals surface area contributed by atoms with E-state index in [0.29, 0.717) is 10.6 Å². The van der Waals surface area contributed by atoms with Crippen LogP contribution in [0.2, 0.25) is 5.02 Å². The molecule has 2 aromatic carbocycles. The summed E-state index contributed by atoms with van der Waals surface area (Å²) in [6, 6.07) is 8.37. The van der Waals surface area contributed by atoms with Gasteiger partial charge in [-0.05, 0) is 48.2 Å². The zero-order valence-corrected chi connectivity index (χ0v) is 20.4. The lowest BCUT2D eigenvalue weighted by atomic mass is 9.81. The van der Waals surface area contributed by atoms with Crippen molar-refractivity contribution in [3.8, 4) is 0 Å². The number of allylic oxidation sites excluding steroid dienone is 1. The van der Waals surface area contributed by atoms with E-state index < -0.39 is 20.7 Å². The van der Waals surface area contributed by atoms with Crippen LogP contribution >= 0.6 is 34.7 Å². The largest absolute Gasteiger partial charge is 0.327 e. The Morgan fingerprint density at radius 1 is 1.24 bits per heavy atom. The summed E-state index contributed by atoms with van der Waals surface area (Å²) in [5.41, 5.74) is 8.30. The number of nitrogens with one attached hydrogen (secondary N) is 1. The minimum atomic E-state index is -4.18. The molecule has 0 saturated carbocycles. The number of thioether (sulfide) groups is 1. The Labute approximate surface area is 204 Å². The zero-order chi connectivity index (χ0) is 23.6. The molecule has 0 fully saturated rings. The summed E-state index contributed by atoms with van der Waals surface area (Å²) in [6.45, 7) is 0. The molecule has 0 saturated heterocycles. The highest BCUT2D eigenvalue weighted by Crippen LogP contribution is 2.39. The van der Waals surface area contributed by atoms with Crippen LogP contribution in [0, 0.1) is 17.6 Å². The average Bonchev–Trinajstić information content (AvgIpc) is 3.27. The van der Waals surface area contributed by atoms with Crippen LogP contribution in [0.5, 0.6) is 0 Å². The summed E-state index contributed by atoms with van der Waals surface area (Å²) < 4.78 is 55.5. The first-order chi connectivity index (χ1) is 15.7. The van der Waals surface area contributed by atoms with Crippen molar-refractivity contribution < 1.29 is 17.2 Å². The van der Waals surface area contributed by atoms with Gasteiger partial charge in [-0.15, -0.1) is 23.1 Å². The van der Waals surface area contributed by atoms with Crippen LogP contribution in [0.4, 0.5) is 13.9 Å². The molecule has 11 heteroatoms. The molecule has 1 unspecified atom stereocenters. The molecule has 1 aliphatic carbocycles.